The summed E-state index contributed by atoms with van der Waals surface area (Å²) in [4.78, 5) is 14.8. The van der Waals surface area contributed by atoms with Crippen LogP contribution in [0.3, 0.4) is 0 Å². The van der Waals surface area contributed by atoms with E-state index in [-0.39, 0.29) is 0 Å². The molecule has 0 saturated carbocycles. The largest absolute Gasteiger partial charge is 0.208 e. The molecule has 3 nitrogen and oxygen atoms in total. The van der Waals surface area contributed by atoms with Crippen molar-refractivity contribution in [1.82, 2.24) is 15.0 Å². The average molecular weight is 796 g/mol. The molecule has 0 amide bonds. The first kappa shape index (κ1) is 36.3. The Morgan fingerprint density at radius 1 is 0.246 bits per heavy atom. The molecule has 0 aliphatic carbocycles. The summed E-state index contributed by atoms with van der Waals surface area (Å²) in [6, 6.07) is 79.8. The zero-order chi connectivity index (χ0) is 40.5. The van der Waals surface area contributed by atoms with Crippen LogP contribution >= 0.6 is 11.3 Å². The second-order valence-corrected chi connectivity index (χ2v) is 16.3. The van der Waals surface area contributed by atoms with Crippen LogP contribution in [0.5, 0.6) is 0 Å². The molecule has 286 valence electrons. The molecule has 61 heavy (non-hydrogen) atoms. The van der Waals surface area contributed by atoms with Crippen LogP contribution in [0.4, 0.5) is 0 Å². The maximum absolute atomic E-state index is 4.97. The topological polar surface area (TPSA) is 38.7 Å². The Bertz CT molecular complexity index is 3270. The van der Waals surface area contributed by atoms with Crippen molar-refractivity contribution in [2.45, 2.75) is 0 Å². The summed E-state index contributed by atoms with van der Waals surface area (Å²) in [6.45, 7) is 0. The van der Waals surface area contributed by atoms with Gasteiger partial charge in [-0.2, -0.15) is 0 Å². The normalized spacial score (nSPS) is 11.3. The number of nitrogens with zero attached hydrogens (tertiary/aromatic N) is 3. The lowest BCUT2D eigenvalue weighted by atomic mass is 9.84. The minimum atomic E-state index is 0.638. The number of thiophene rings is 1. The summed E-state index contributed by atoms with van der Waals surface area (Å²) in [5.74, 6) is 1.94. The fourth-order valence-corrected chi connectivity index (χ4v) is 9.41. The zero-order valence-corrected chi connectivity index (χ0v) is 33.9. The van der Waals surface area contributed by atoms with Crippen LogP contribution in [0.25, 0.3) is 110 Å². The van der Waals surface area contributed by atoms with Gasteiger partial charge in [0, 0.05) is 36.9 Å². The van der Waals surface area contributed by atoms with Crippen molar-refractivity contribution in [2.24, 2.45) is 0 Å². The predicted molar refractivity (Wildman–Crippen MR) is 256 cm³/mol. The van der Waals surface area contributed by atoms with Gasteiger partial charge in [-0.05, 0) is 92.0 Å². The van der Waals surface area contributed by atoms with Gasteiger partial charge in [0.05, 0.1) is 0 Å². The highest BCUT2D eigenvalue weighted by atomic mass is 32.1. The molecule has 11 rings (SSSR count). The van der Waals surface area contributed by atoms with Crippen LogP contribution in [0.2, 0.25) is 0 Å². The first-order chi connectivity index (χ1) is 30.2. The maximum atomic E-state index is 4.97. The Kier molecular flexibility index (Phi) is 9.38. The maximum Gasteiger partial charge on any atom is 0.164 e. The van der Waals surface area contributed by atoms with Gasteiger partial charge in [0.2, 0.25) is 0 Å². The SMILES string of the molecule is c1ccc(-c2cc(-c3cccc(-c4ccc(-c5nc(-c6ccccc6)nc(-c6ccccc6)n5)cc4)c3)c(-c3ccccc3)c(-c3ccc4sc5ccccc5c4c3)c2)cc1. The van der Waals surface area contributed by atoms with Gasteiger partial charge in [0.15, 0.2) is 17.5 Å². The fourth-order valence-electron chi connectivity index (χ4n) is 8.32. The van der Waals surface area contributed by atoms with E-state index in [2.05, 4.69) is 164 Å². The Hall–Kier alpha value is -7.79. The molecule has 0 saturated heterocycles. The quantitative estimate of drug-likeness (QED) is 0.154. The van der Waals surface area contributed by atoms with Crippen molar-refractivity contribution in [2.75, 3.05) is 0 Å². The highest BCUT2D eigenvalue weighted by molar-refractivity contribution is 7.25. The molecule has 4 heteroatoms. The molecular weight excluding hydrogens is 759 g/mol. The molecular formula is C57H37N3S. The van der Waals surface area contributed by atoms with E-state index in [1.54, 1.807) is 0 Å². The van der Waals surface area contributed by atoms with Crippen LogP contribution < -0.4 is 0 Å². The van der Waals surface area contributed by atoms with Crippen LogP contribution in [-0.4, -0.2) is 15.0 Å². The molecule has 0 atom stereocenters. The number of rotatable bonds is 8. The van der Waals surface area contributed by atoms with Gasteiger partial charge < -0.3 is 0 Å². The summed E-state index contributed by atoms with van der Waals surface area (Å²) in [6.07, 6.45) is 0. The van der Waals surface area contributed by atoms with Crippen LogP contribution in [0, 0.1) is 0 Å². The smallest absolute Gasteiger partial charge is 0.164 e. The molecule has 9 aromatic carbocycles. The molecule has 0 bridgehead atoms. The number of hydrogen-bond donors (Lipinski definition) is 0. The average Bonchev–Trinajstić information content (AvgIpc) is 3.73. The molecule has 2 heterocycles. The van der Waals surface area contributed by atoms with E-state index in [4.69, 9.17) is 15.0 Å². The molecule has 0 fully saturated rings. The number of hydrogen-bond acceptors (Lipinski definition) is 4. The second-order valence-electron chi connectivity index (χ2n) is 15.2. The van der Waals surface area contributed by atoms with E-state index in [1.165, 1.54) is 59.1 Å². The van der Waals surface area contributed by atoms with Gasteiger partial charge in [0.25, 0.3) is 0 Å². The third kappa shape index (κ3) is 7.09. The van der Waals surface area contributed by atoms with Gasteiger partial charge in [-0.1, -0.05) is 188 Å². The molecule has 2 aromatic heterocycles. The van der Waals surface area contributed by atoms with Crippen molar-refractivity contribution in [3.63, 3.8) is 0 Å². The van der Waals surface area contributed by atoms with E-state index in [0.29, 0.717) is 17.5 Å². The van der Waals surface area contributed by atoms with Gasteiger partial charge in [-0.15, -0.1) is 11.3 Å². The minimum Gasteiger partial charge on any atom is -0.208 e. The van der Waals surface area contributed by atoms with Crippen LogP contribution in [0.15, 0.2) is 224 Å². The Labute approximate surface area is 359 Å². The van der Waals surface area contributed by atoms with E-state index < -0.39 is 0 Å². The fraction of sp³-hybridized carbons (Fsp3) is 0. The Morgan fingerprint density at radius 3 is 1.26 bits per heavy atom. The van der Waals surface area contributed by atoms with E-state index in [1.807, 2.05) is 72.0 Å². The third-order valence-electron chi connectivity index (χ3n) is 11.3. The van der Waals surface area contributed by atoms with Crippen molar-refractivity contribution in [1.29, 1.82) is 0 Å². The molecule has 0 aliphatic rings. The van der Waals surface area contributed by atoms with Gasteiger partial charge in [-0.25, -0.2) is 15.0 Å². The highest BCUT2D eigenvalue weighted by Gasteiger charge is 2.19. The first-order valence-electron chi connectivity index (χ1n) is 20.5. The first-order valence-corrected chi connectivity index (χ1v) is 21.3. The van der Waals surface area contributed by atoms with Crippen molar-refractivity contribution in [3.8, 4) is 89.8 Å². The van der Waals surface area contributed by atoms with Gasteiger partial charge in [-0.3, -0.25) is 0 Å². The predicted octanol–water partition coefficient (Wildman–Crippen LogP) is 15.6. The number of fused-ring (bicyclic) bond motifs is 3. The zero-order valence-electron chi connectivity index (χ0n) is 33.1. The van der Waals surface area contributed by atoms with Crippen molar-refractivity contribution >= 4 is 31.5 Å². The van der Waals surface area contributed by atoms with E-state index in [0.717, 1.165) is 33.4 Å². The summed E-state index contributed by atoms with van der Waals surface area (Å²) < 4.78 is 2.61. The monoisotopic (exact) mass is 795 g/mol. The summed E-state index contributed by atoms with van der Waals surface area (Å²) in [5.41, 5.74) is 14.6. The highest BCUT2D eigenvalue weighted by Crippen LogP contribution is 2.46. The standard InChI is InChI=1S/C57H37N3S/c1-5-16-38(17-6-1)47-36-49(54(40-18-7-2-8-19-40)50(37-47)46-32-33-53-51(35-46)48-26-13-14-27-52(48)61-53)45-25-15-24-44(34-45)39-28-30-43(31-29-39)57-59-55(41-20-9-3-10-21-41)58-56(60-57)42-22-11-4-12-23-42/h1-37H. The Balaban J connectivity index is 1.04. The third-order valence-corrected chi connectivity index (χ3v) is 12.5. The summed E-state index contributed by atoms with van der Waals surface area (Å²) >= 11 is 1.85. The molecule has 0 aliphatic heterocycles. The summed E-state index contributed by atoms with van der Waals surface area (Å²) in [5, 5.41) is 2.59. The van der Waals surface area contributed by atoms with Gasteiger partial charge >= 0.3 is 0 Å². The van der Waals surface area contributed by atoms with Crippen LogP contribution in [-0.2, 0) is 0 Å². The molecule has 0 N–H and O–H groups in total. The van der Waals surface area contributed by atoms with Crippen molar-refractivity contribution in [3.05, 3.63) is 224 Å². The van der Waals surface area contributed by atoms with E-state index >= 15 is 0 Å². The van der Waals surface area contributed by atoms with Crippen LogP contribution in [0.1, 0.15) is 0 Å². The lowest BCUT2D eigenvalue weighted by molar-refractivity contribution is 1.07. The lowest BCUT2D eigenvalue weighted by Crippen LogP contribution is -2.00. The molecule has 0 spiro atoms. The lowest BCUT2D eigenvalue weighted by Gasteiger charge is -2.20. The summed E-state index contributed by atoms with van der Waals surface area (Å²) in [7, 11) is 0. The molecule has 0 unspecified atom stereocenters. The number of benzene rings is 9. The molecule has 11 aromatic rings. The second kappa shape index (κ2) is 15.8. The minimum absolute atomic E-state index is 0.638. The number of aromatic nitrogens is 3. The Morgan fingerprint density at radius 2 is 0.656 bits per heavy atom. The van der Waals surface area contributed by atoms with Crippen molar-refractivity contribution < 1.29 is 0 Å². The van der Waals surface area contributed by atoms with E-state index in [9.17, 15) is 0 Å². The van der Waals surface area contributed by atoms with Gasteiger partial charge in [0.1, 0.15) is 0 Å². The molecule has 0 radical (unpaired) electrons.